The third kappa shape index (κ3) is 3.52. The Kier molecular flexibility index (Phi) is 4.45. The Balaban J connectivity index is 2.19. The second-order valence-corrected chi connectivity index (χ2v) is 4.69. The first-order valence-electron chi connectivity index (χ1n) is 6.13. The lowest BCUT2D eigenvalue weighted by atomic mass is 10.1. The number of aromatic carboxylic acids is 1. The molecule has 0 heterocycles. The van der Waals surface area contributed by atoms with Gasteiger partial charge < -0.3 is 15.7 Å². The van der Waals surface area contributed by atoms with E-state index in [1.807, 2.05) is 0 Å². The number of anilines is 2. The van der Waals surface area contributed by atoms with E-state index >= 15 is 0 Å². The lowest BCUT2D eigenvalue weighted by Gasteiger charge is -2.08. The molecule has 0 saturated heterocycles. The average molecular weight is 305 g/mol. The van der Waals surface area contributed by atoms with E-state index in [2.05, 4.69) is 10.6 Å². The summed E-state index contributed by atoms with van der Waals surface area (Å²) >= 11 is 5.78. The van der Waals surface area contributed by atoms with Crippen LogP contribution >= 0.6 is 11.6 Å². The van der Waals surface area contributed by atoms with E-state index in [1.165, 1.54) is 12.1 Å². The van der Waals surface area contributed by atoms with Crippen molar-refractivity contribution in [2.45, 2.75) is 0 Å². The Morgan fingerprint density at radius 1 is 1.05 bits per heavy atom. The smallest absolute Gasteiger partial charge is 0.337 e. The molecule has 108 valence electrons. The van der Waals surface area contributed by atoms with Gasteiger partial charge in [-0.05, 0) is 42.5 Å². The summed E-state index contributed by atoms with van der Waals surface area (Å²) in [5.74, 6) is -1.47. The molecule has 0 atom stereocenters. The van der Waals surface area contributed by atoms with E-state index < -0.39 is 5.97 Å². The van der Waals surface area contributed by atoms with Crippen LogP contribution in [0.2, 0.25) is 5.02 Å². The molecule has 0 saturated carbocycles. The third-order valence-electron chi connectivity index (χ3n) is 2.89. The molecule has 3 N–H and O–H groups in total. The van der Waals surface area contributed by atoms with Crippen LogP contribution in [-0.2, 0) is 0 Å². The lowest BCUT2D eigenvalue weighted by Crippen LogP contribution is -2.12. The Labute approximate surface area is 126 Å². The highest BCUT2D eigenvalue weighted by molar-refractivity contribution is 6.33. The summed E-state index contributed by atoms with van der Waals surface area (Å²) < 4.78 is 0. The van der Waals surface area contributed by atoms with Gasteiger partial charge in [-0.1, -0.05) is 11.6 Å². The first-order valence-corrected chi connectivity index (χ1v) is 6.51. The lowest BCUT2D eigenvalue weighted by molar-refractivity contribution is 0.0696. The molecule has 0 unspecified atom stereocenters. The Bertz CT molecular complexity index is 684. The van der Waals surface area contributed by atoms with Crippen LogP contribution in [0.4, 0.5) is 11.4 Å². The summed E-state index contributed by atoms with van der Waals surface area (Å²) in [7, 11) is 1.79. The average Bonchev–Trinajstić information content (AvgIpc) is 2.49. The highest BCUT2D eigenvalue weighted by atomic mass is 35.5. The topological polar surface area (TPSA) is 78.4 Å². The van der Waals surface area contributed by atoms with E-state index in [9.17, 15) is 9.59 Å². The summed E-state index contributed by atoms with van der Waals surface area (Å²) in [6, 6.07) is 11.2. The Hall–Kier alpha value is -2.53. The van der Waals surface area contributed by atoms with Gasteiger partial charge in [-0.15, -0.1) is 0 Å². The highest BCUT2D eigenvalue weighted by Crippen LogP contribution is 2.21. The maximum atomic E-state index is 12.1. The van der Waals surface area contributed by atoms with Gasteiger partial charge in [-0.3, -0.25) is 4.79 Å². The van der Waals surface area contributed by atoms with Crippen LogP contribution in [-0.4, -0.2) is 24.0 Å². The third-order valence-corrected chi connectivity index (χ3v) is 3.22. The quantitative estimate of drug-likeness (QED) is 0.809. The van der Waals surface area contributed by atoms with Gasteiger partial charge in [0.1, 0.15) is 0 Å². The minimum absolute atomic E-state index is 0.0556. The van der Waals surface area contributed by atoms with Crippen molar-refractivity contribution in [2.75, 3.05) is 17.7 Å². The van der Waals surface area contributed by atoms with Gasteiger partial charge in [-0.2, -0.15) is 0 Å². The predicted molar refractivity (Wildman–Crippen MR) is 82.4 cm³/mol. The molecule has 0 aliphatic rings. The summed E-state index contributed by atoms with van der Waals surface area (Å²) in [6.07, 6.45) is 0. The van der Waals surface area contributed by atoms with Gasteiger partial charge in [0.2, 0.25) is 0 Å². The molecule has 0 fully saturated rings. The number of halogens is 1. The second kappa shape index (κ2) is 6.28. The van der Waals surface area contributed by atoms with Crippen molar-refractivity contribution in [3.05, 3.63) is 58.6 Å². The Morgan fingerprint density at radius 3 is 2.24 bits per heavy atom. The molecule has 0 aromatic heterocycles. The number of carboxylic acids is 1. The maximum Gasteiger partial charge on any atom is 0.337 e. The zero-order valence-electron chi connectivity index (χ0n) is 11.2. The molecule has 5 nitrogen and oxygen atoms in total. The summed E-state index contributed by atoms with van der Waals surface area (Å²) in [5.41, 5.74) is 1.69. The zero-order chi connectivity index (χ0) is 15.4. The van der Waals surface area contributed by atoms with Gasteiger partial charge in [-0.25, -0.2) is 4.79 Å². The number of hydrogen-bond acceptors (Lipinski definition) is 3. The van der Waals surface area contributed by atoms with Crippen molar-refractivity contribution in [1.82, 2.24) is 0 Å². The van der Waals surface area contributed by atoms with E-state index in [-0.39, 0.29) is 16.5 Å². The molecule has 6 heteroatoms. The number of carbonyl (C=O) groups is 2. The molecule has 0 aliphatic carbocycles. The zero-order valence-corrected chi connectivity index (χ0v) is 11.9. The molecule has 1 amide bonds. The molecular formula is C15H13ClN2O3. The van der Waals surface area contributed by atoms with Crippen molar-refractivity contribution in [2.24, 2.45) is 0 Å². The first kappa shape index (κ1) is 14.9. The van der Waals surface area contributed by atoms with Crippen molar-refractivity contribution in [1.29, 1.82) is 0 Å². The summed E-state index contributed by atoms with van der Waals surface area (Å²) in [5, 5.41) is 14.7. The van der Waals surface area contributed by atoms with Gasteiger partial charge in [0.05, 0.1) is 10.6 Å². The van der Waals surface area contributed by atoms with Crippen LogP contribution in [0.15, 0.2) is 42.5 Å². The molecule has 0 bridgehead atoms. The number of nitrogens with one attached hydrogen (secondary N) is 2. The highest BCUT2D eigenvalue weighted by Gasteiger charge is 2.11. The summed E-state index contributed by atoms with van der Waals surface area (Å²) in [6.45, 7) is 0. The molecule has 21 heavy (non-hydrogen) atoms. The molecule has 2 aromatic rings. The number of amides is 1. The van der Waals surface area contributed by atoms with Gasteiger partial charge >= 0.3 is 5.97 Å². The van der Waals surface area contributed by atoms with Crippen molar-refractivity contribution in [3.63, 3.8) is 0 Å². The normalized spacial score (nSPS) is 10.0. The van der Waals surface area contributed by atoms with Gasteiger partial charge in [0.15, 0.2) is 0 Å². The second-order valence-electron chi connectivity index (χ2n) is 4.28. The molecule has 2 rings (SSSR count). The monoisotopic (exact) mass is 304 g/mol. The number of benzene rings is 2. The standard InChI is InChI=1S/C15H13ClN2O3/c1-17-10-4-2-9(3-5-10)14(19)18-11-6-7-13(16)12(8-11)15(20)21/h2-8,17H,1H3,(H,18,19)(H,20,21). The van der Waals surface area contributed by atoms with E-state index in [0.717, 1.165) is 5.69 Å². The fraction of sp³-hybridized carbons (Fsp3) is 0.0667. The minimum Gasteiger partial charge on any atom is -0.478 e. The Morgan fingerprint density at radius 2 is 1.67 bits per heavy atom. The van der Waals surface area contributed by atoms with Crippen LogP contribution in [0.1, 0.15) is 20.7 Å². The van der Waals surface area contributed by atoms with E-state index in [0.29, 0.717) is 11.3 Å². The molecule has 0 spiro atoms. The van der Waals surface area contributed by atoms with Crippen LogP contribution < -0.4 is 10.6 Å². The fourth-order valence-corrected chi connectivity index (χ4v) is 1.96. The fourth-order valence-electron chi connectivity index (χ4n) is 1.76. The van der Waals surface area contributed by atoms with Crippen LogP contribution in [0.3, 0.4) is 0 Å². The minimum atomic E-state index is -1.14. The van der Waals surface area contributed by atoms with Crippen LogP contribution in [0.5, 0.6) is 0 Å². The molecule has 0 radical (unpaired) electrons. The van der Waals surface area contributed by atoms with Crippen LogP contribution in [0.25, 0.3) is 0 Å². The van der Waals surface area contributed by atoms with Crippen molar-refractivity contribution in [3.8, 4) is 0 Å². The largest absolute Gasteiger partial charge is 0.478 e. The van der Waals surface area contributed by atoms with Crippen LogP contribution in [0, 0.1) is 0 Å². The van der Waals surface area contributed by atoms with Crippen molar-refractivity contribution < 1.29 is 14.7 Å². The number of carboxylic acid groups (broad SMARTS) is 1. The number of rotatable bonds is 4. The SMILES string of the molecule is CNc1ccc(C(=O)Nc2ccc(Cl)c(C(=O)O)c2)cc1. The number of carbonyl (C=O) groups excluding carboxylic acids is 1. The van der Waals surface area contributed by atoms with E-state index in [4.69, 9.17) is 16.7 Å². The number of hydrogen-bond donors (Lipinski definition) is 3. The molecule has 2 aromatic carbocycles. The van der Waals surface area contributed by atoms with Crippen molar-refractivity contribution >= 4 is 34.9 Å². The molecule has 0 aliphatic heterocycles. The predicted octanol–water partition coefficient (Wildman–Crippen LogP) is 3.33. The van der Waals surface area contributed by atoms with Gasteiger partial charge in [0, 0.05) is 24.0 Å². The maximum absolute atomic E-state index is 12.1. The molecular weight excluding hydrogens is 292 g/mol. The van der Waals surface area contributed by atoms with E-state index in [1.54, 1.807) is 37.4 Å². The van der Waals surface area contributed by atoms with Gasteiger partial charge in [0.25, 0.3) is 5.91 Å². The summed E-state index contributed by atoms with van der Waals surface area (Å²) in [4.78, 5) is 23.1. The first-order chi connectivity index (χ1) is 10.0.